The van der Waals surface area contributed by atoms with Gasteiger partial charge in [-0.15, -0.1) is 0 Å². The van der Waals surface area contributed by atoms with Crippen molar-refractivity contribution < 1.29 is 22.8 Å². The van der Waals surface area contributed by atoms with Crippen molar-refractivity contribution in [1.82, 2.24) is 0 Å². The van der Waals surface area contributed by atoms with Gasteiger partial charge in [-0.25, -0.2) is 8.42 Å². The number of benzene rings is 2. The Morgan fingerprint density at radius 2 is 1.82 bits per heavy atom. The summed E-state index contributed by atoms with van der Waals surface area (Å²) in [5, 5.41) is 3.89. The van der Waals surface area contributed by atoms with Gasteiger partial charge in [-0.2, -0.15) is 0 Å². The van der Waals surface area contributed by atoms with E-state index in [1.807, 2.05) is 24.3 Å². The van der Waals surface area contributed by atoms with E-state index in [1.165, 1.54) is 6.26 Å². The van der Waals surface area contributed by atoms with Gasteiger partial charge in [-0.1, -0.05) is 49.3 Å². The minimum absolute atomic E-state index is 0.281. The maximum atomic E-state index is 11.6. The molecule has 0 fully saturated rings. The third-order valence-corrected chi connectivity index (χ3v) is 5.78. The predicted octanol–water partition coefficient (Wildman–Crippen LogP) is 4.05. The van der Waals surface area contributed by atoms with Gasteiger partial charge in [-0.05, 0) is 40.8 Å². The van der Waals surface area contributed by atoms with Crippen LogP contribution < -0.4 is 0 Å². The zero-order valence-electron chi connectivity index (χ0n) is 16.1. The van der Waals surface area contributed by atoms with Crippen molar-refractivity contribution >= 4 is 21.7 Å². The molecule has 1 aliphatic rings. The topological polar surface area (TPSA) is 82.0 Å². The van der Waals surface area contributed by atoms with Gasteiger partial charge in [0.25, 0.3) is 0 Å². The average Bonchev–Trinajstić information content (AvgIpc) is 3.15. The van der Waals surface area contributed by atoms with Crippen molar-refractivity contribution in [3.05, 3.63) is 53.6 Å². The molecule has 0 spiro atoms. The lowest BCUT2D eigenvalue weighted by molar-refractivity contribution is -0.135. The van der Waals surface area contributed by atoms with Gasteiger partial charge in [0.2, 0.25) is 5.90 Å². The number of carbonyl (C=O) groups is 1. The van der Waals surface area contributed by atoms with Crippen LogP contribution in [0.5, 0.6) is 0 Å². The van der Waals surface area contributed by atoms with E-state index in [0.29, 0.717) is 17.2 Å². The molecule has 2 aromatic rings. The van der Waals surface area contributed by atoms with Gasteiger partial charge in [0.05, 0.1) is 11.3 Å². The first kappa shape index (κ1) is 20.1. The van der Waals surface area contributed by atoms with Gasteiger partial charge in [0, 0.05) is 12.7 Å². The van der Waals surface area contributed by atoms with E-state index >= 15 is 0 Å². The van der Waals surface area contributed by atoms with Gasteiger partial charge in [0.15, 0.2) is 15.9 Å². The predicted molar refractivity (Wildman–Crippen MR) is 107 cm³/mol. The van der Waals surface area contributed by atoms with Crippen LogP contribution in [-0.2, 0) is 30.6 Å². The monoisotopic (exact) mass is 401 g/mol. The molecule has 1 unspecified atom stereocenters. The summed E-state index contributed by atoms with van der Waals surface area (Å²) in [7, 11) is -3.21. The van der Waals surface area contributed by atoms with E-state index in [2.05, 4.69) is 18.1 Å². The molecule has 0 amide bonds. The van der Waals surface area contributed by atoms with E-state index in [1.54, 1.807) is 19.1 Å². The Labute approximate surface area is 165 Å². The van der Waals surface area contributed by atoms with Crippen LogP contribution in [0, 0.1) is 0 Å². The minimum atomic E-state index is -3.21. The Balaban J connectivity index is 1.81. The number of sulfone groups is 1. The lowest BCUT2D eigenvalue weighted by Gasteiger charge is -2.15. The number of rotatable bonds is 5. The van der Waals surface area contributed by atoms with Crippen LogP contribution in [0.3, 0.4) is 0 Å². The molecule has 0 N–H and O–H groups in total. The van der Waals surface area contributed by atoms with E-state index in [4.69, 9.17) is 9.57 Å². The minimum Gasteiger partial charge on any atom is -0.408 e. The molecule has 0 aliphatic carbocycles. The van der Waals surface area contributed by atoms with E-state index in [9.17, 15) is 13.2 Å². The Bertz CT molecular complexity index is 1010. The van der Waals surface area contributed by atoms with Crippen molar-refractivity contribution in [1.29, 1.82) is 0 Å². The fraction of sp³-hybridized carbons (Fsp3) is 0.333. The summed E-state index contributed by atoms with van der Waals surface area (Å²) in [6.45, 7) is 3.79. The van der Waals surface area contributed by atoms with Crippen LogP contribution in [0.25, 0.3) is 11.1 Å². The lowest BCUT2D eigenvalue weighted by Crippen LogP contribution is -2.11. The molecule has 2 aromatic carbocycles. The summed E-state index contributed by atoms with van der Waals surface area (Å²) < 4.78 is 28.4. The van der Waals surface area contributed by atoms with Crippen LogP contribution in [0.15, 0.2) is 52.5 Å². The van der Waals surface area contributed by atoms with Crippen LogP contribution >= 0.6 is 0 Å². The third-order valence-electron chi connectivity index (χ3n) is 4.65. The van der Waals surface area contributed by atoms with Gasteiger partial charge in [-0.3, -0.25) is 4.79 Å². The molecule has 7 heteroatoms. The SMILES string of the molecule is CCC(=O)OC1=NOC(c2ccc(-c3ccc(S(C)(=O)=O)cc3)cc2CC)C1. The van der Waals surface area contributed by atoms with Crippen LogP contribution in [-0.4, -0.2) is 26.5 Å². The summed E-state index contributed by atoms with van der Waals surface area (Å²) in [4.78, 5) is 17.2. The maximum Gasteiger partial charge on any atom is 0.312 e. The quantitative estimate of drug-likeness (QED) is 0.706. The maximum absolute atomic E-state index is 11.6. The molecular formula is C21H23NO5S. The average molecular weight is 401 g/mol. The molecule has 0 radical (unpaired) electrons. The smallest absolute Gasteiger partial charge is 0.312 e. The fourth-order valence-corrected chi connectivity index (χ4v) is 3.72. The molecule has 28 heavy (non-hydrogen) atoms. The number of aryl methyl sites for hydroxylation is 1. The molecule has 1 atom stereocenters. The number of nitrogens with zero attached hydrogens (tertiary/aromatic N) is 1. The van der Waals surface area contributed by atoms with Crippen molar-refractivity contribution in [2.75, 3.05) is 6.26 Å². The number of hydrogen-bond acceptors (Lipinski definition) is 6. The molecule has 0 bridgehead atoms. The van der Waals surface area contributed by atoms with Crippen molar-refractivity contribution in [3.63, 3.8) is 0 Å². The summed E-state index contributed by atoms with van der Waals surface area (Å²) in [6, 6.07) is 12.9. The molecule has 0 aromatic heterocycles. The Kier molecular flexibility index (Phi) is 5.84. The highest BCUT2D eigenvalue weighted by atomic mass is 32.2. The standard InChI is InChI=1S/C21H23NO5S/c1-4-14-12-16(15-6-9-17(10-7-15)28(3,24)25)8-11-18(14)19-13-20(22-27-19)26-21(23)5-2/h6-12,19H,4-5,13H2,1-3H3. The number of esters is 1. The first-order valence-electron chi connectivity index (χ1n) is 9.18. The largest absolute Gasteiger partial charge is 0.408 e. The zero-order chi connectivity index (χ0) is 20.3. The summed E-state index contributed by atoms with van der Waals surface area (Å²) >= 11 is 0. The number of ether oxygens (including phenoxy) is 1. The fourth-order valence-electron chi connectivity index (χ4n) is 3.09. The van der Waals surface area contributed by atoms with Crippen molar-refractivity contribution in [3.8, 4) is 11.1 Å². The second-order valence-corrected chi connectivity index (χ2v) is 8.69. The first-order valence-corrected chi connectivity index (χ1v) is 11.1. The summed E-state index contributed by atoms with van der Waals surface area (Å²) in [6.07, 6.45) is 2.42. The van der Waals surface area contributed by atoms with Crippen LogP contribution in [0.1, 0.15) is 43.9 Å². The molecule has 1 heterocycles. The highest BCUT2D eigenvalue weighted by Crippen LogP contribution is 2.33. The van der Waals surface area contributed by atoms with Gasteiger partial charge >= 0.3 is 5.97 Å². The number of hydrogen-bond donors (Lipinski definition) is 0. The molecule has 0 saturated heterocycles. The number of oxime groups is 1. The molecular weight excluding hydrogens is 378 g/mol. The Hall–Kier alpha value is -2.67. The Morgan fingerprint density at radius 3 is 2.43 bits per heavy atom. The summed E-state index contributed by atoms with van der Waals surface area (Å²) in [5.41, 5.74) is 4.05. The highest BCUT2D eigenvalue weighted by molar-refractivity contribution is 7.90. The van der Waals surface area contributed by atoms with E-state index in [-0.39, 0.29) is 18.5 Å². The molecule has 6 nitrogen and oxygen atoms in total. The lowest BCUT2D eigenvalue weighted by atomic mass is 9.94. The van der Waals surface area contributed by atoms with Crippen molar-refractivity contribution in [2.45, 2.75) is 44.1 Å². The Morgan fingerprint density at radius 1 is 1.14 bits per heavy atom. The normalized spacial score (nSPS) is 16.4. The molecule has 148 valence electrons. The molecule has 3 rings (SSSR count). The molecule has 0 saturated carbocycles. The van der Waals surface area contributed by atoms with Gasteiger partial charge in [0.1, 0.15) is 0 Å². The summed E-state index contributed by atoms with van der Waals surface area (Å²) in [5.74, 6) is -0.0223. The van der Waals surface area contributed by atoms with E-state index in [0.717, 1.165) is 28.7 Å². The van der Waals surface area contributed by atoms with Crippen molar-refractivity contribution in [2.24, 2.45) is 5.16 Å². The second-order valence-electron chi connectivity index (χ2n) is 6.67. The highest BCUT2D eigenvalue weighted by Gasteiger charge is 2.27. The molecule has 1 aliphatic heterocycles. The van der Waals surface area contributed by atoms with Crippen LogP contribution in [0.2, 0.25) is 0 Å². The number of carbonyl (C=O) groups excluding carboxylic acids is 1. The first-order chi connectivity index (χ1) is 13.3. The van der Waals surface area contributed by atoms with E-state index < -0.39 is 9.84 Å². The second kappa shape index (κ2) is 8.14. The van der Waals surface area contributed by atoms with Crippen LogP contribution in [0.4, 0.5) is 0 Å². The van der Waals surface area contributed by atoms with Gasteiger partial charge < -0.3 is 9.57 Å². The third kappa shape index (κ3) is 4.42. The zero-order valence-corrected chi connectivity index (χ0v) is 17.0.